The van der Waals surface area contributed by atoms with Crippen LogP contribution in [0.1, 0.15) is 62.2 Å². The lowest BCUT2D eigenvalue weighted by Crippen LogP contribution is -2.18. The second-order valence-electron chi connectivity index (χ2n) is 9.85. The number of fused-ring (bicyclic) bond motifs is 1. The molecule has 1 aliphatic heterocycles. The molecule has 4 heterocycles. The number of halogens is 1. The Balaban J connectivity index is 1.50. The van der Waals surface area contributed by atoms with Crippen LogP contribution in [0.25, 0.3) is 17.2 Å². The molecule has 7 nitrogen and oxygen atoms in total. The van der Waals surface area contributed by atoms with Crippen molar-refractivity contribution in [3.63, 3.8) is 0 Å². The number of benzene rings is 1. The number of methoxy groups -OCH3 is 1. The average molecular weight is 477 g/mol. The minimum absolute atomic E-state index is 0.00166. The Bertz CT molecular complexity index is 1350. The van der Waals surface area contributed by atoms with Gasteiger partial charge in [0, 0.05) is 23.7 Å². The predicted octanol–water partition coefficient (Wildman–Crippen LogP) is 5.72. The molecule has 34 heavy (non-hydrogen) atoms. The number of aryl methyl sites for hydroxylation is 2. The third-order valence-corrected chi connectivity index (χ3v) is 6.64. The van der Waals surface area contributed by atoms with E-state index in [9.17, 15) is 0 Å². The highest BCUT2D eigenvalue weighted by Gasteiger charge is 2.28. The van der Waals surface area contributed by atoms with Crippen LogP contribution in [0, 0.1) is 6.92 Å². The van der Waals surface area contributed by atoms with Crippen molar-refractivity contribution < 1.29 is 4.74 Å². The minimum atomic E-state index is 0.00166. The highest BCUT2D eigenvalue weighted by atomic mass is 35.5. The number of aromatic nitrogens is 6. The van der Waals surface area contributed by atoms with Gasteiger partial charge in [0.1, 0.15) is 17.2 Å². The monoisotopic (exact) mass is 476 g/mol. The van der Waals surface area contributed by atoms with E-state index in [2.05, 4.69) is 44.0 Å². The first-order valence-electron chi connectivity index (χ1n) is 11.6. The Morgan fingerprint density at radius 2 is 1.94 bits per heavy atom. The van der Waals surface area contributed by atoms with Gasteiger partial charge in [0.05, 0.1) is 19.1 Å². The molecule has 8 heteroatoms. The van der Waals surface area contributed by atoms with E-state index >= 15 is 0 Å². The molecule has 0 amide bonds. The quantitative estimate of drug-likeness (QED) is 0.376. The second kappa shape index (κ2) is 8.55. The van der Waals surface area contributed by atoms with Crippen LogP contribution in [0.3, 0.4) is 0 Å². The van der Waals surface area contributed by atoms with Gasteiger partial charge >= 0.3 is 0 Å². The van der Waals surface area contributed by atoms with Crippen molar-refractivity contribution in [2.24, 2.45) is 0 Å². The Labute approximate surface area is 204 Å². The smallest absolute Gasteiger partial charge is 0.238 e. The zero-order chi connectivity index (χ0) is 24.0. The highest BCUT2D eigenvalue weighted by Crippen LogP contribution is 2.37. The van der Waals surface area contributed by atoms with Gasteiger partial charge in [-0.25, -0.2) is 19.6 Å². The standard InChI is InChI=1S/C26H29ClN6O/c1-16-14-32(15-28-16)22-11-10-21(29-25(22)34-5)23-30-24-18(7-6-12-33(24)31-23)17-8-9-19(20(27)13-17)26(2,3)4/h8-11,13-15,18H,6-7,12H2,1-5H3/t18-/m1/s1. The van der Waals surface area contributed by atoms with Gasteiger partial charge in [-0.1, -0.05) is 44.5 Å². The molecule has 3 aromatic heterocycles. The van der Waals surface area contributed by atoms with Crippen molar-refractivity contribution in [3.05, 3.63) is 70.5 Å². The van der Waals surface area contributed by atoms with Crippen LogP contribution in [0.4, 0.5) is 0 Å². The summed E-state index contributed by atoms with van der Waals surface area (Å²) in [6.07, 6.45) is 5.74. The molecule has 1 aromatic carbocycles. The van der Waals surface area contributed by atoms with Crippen molar-refractivity contribution in [3.8, 4) is 23.1 Å². The van der Waals surface area contributed by atoms with E-state index in [0.29, 0.717) is 17.4 Å². The van der Waals surface area contributed by atoms with Gasteiger partial charge in [-0.2, -0.15) is 0 Å². The van der Waals surface area contributed by atoms with Crippen LogP contribution in [-0.4, -0.2) is 36.4 Å². The maximum atomic E-state index is 6.69. The zero-order valence-corrected chi connectivity index (χ0v) is 21.0. The molecule has 5 rings (SSSR count). The number of hydrogen-bond donors (Lipinski definition) is 0. The minimum Gasteiger partial charge on any atom is -0.479 e. The molecule has 1 aliphatic rings. The molecule has 0 radical (unpaired) electrons. The van der Waals surface area contributed by atoms with Gasteiger partial charge in [-0.05, 0) is 54.5 Å². The van der Waals surface area contributed by atoms with E-state index in [4.69, 9.17) is 31.4 Å². The Kier molecular flexibility index (Phi) is 5.68. The summed E-state index contributed by atoms with van der Waals surface area (Å²) in [7, 11) is 1.62. The first-order valence-corrected chi connectivity index (χ1v) is 11.9. The van der Waals surface area contributed by atoms with Crippen molar-refractivity contribution in [2.45, 2.75) is 58.4 Å². The molecule has 0 saturated heterocycles. The summed E-state index contributed by atoms with van der Waals surface area (Å²) in [5.41, 5.74) is 4.76. The van der Waals surface area contributed by atoms with E-state index in [1.807, 2.05) is 34.5 Å². The van der Waals surface area contributed by atoms with Gasteiger partial charge in [0.2, 0.25) is 5.88 Å². The summed E-state index contributed by atoms with van der Waals surface area (Å²) >= 11 is 6.69. The van der Waals surface area contributed by atoms with Crippen LogP contribution in [0.5, 0.6) is 5.88 Å². The molecule has 0 aliphatic carbocycles. The zero-order valence-electron chi connectivity index (χ0n) is 20.2. The van der Waals surface area contributed by atoms with Crippen molar-refractivity contribution >= 4 is 11.6 Å². The number of hydrogen-bond acceptors (Lipinski definition) is 5. The summed E-state index contributed by atoms with van der Waals surface area (Å²) in [5.74, 6) is 2.21. The van der Waals surface area contributed by atoms with E-state index in [-0.39, 0.29) is 11.3 Å². The Hall–Kier alpha value is -3.19. The van der Waals surface area contributed by atoms with E-state index in [0.717, 1.165) is 47.2 Å². The fraction of sp³-hybridized carbons (Fsp3) is 0.385. The van der Waals surface area contributed by atoms with E-state index < -0.39 is 0 Å². The molecule has 4 aromatic rings. The molecule has 1 atom stereocenters. The maximum Gasteiger partial charge on any atom is 0.238 e. The fourth-order valence-electron chi connectivity index (χ4n) is 4.59. The normalized spacial score (nSPS) is 15.9. The van der Waals surface area contributed by atoms with Crippen molar-refractivity contribution in [1.29, 1.82) is 0 Å². The Morgan fingerprint density at radius 3 is 2.62 bits per heavy atom. The van der Waals surface area contributed by atoms with Crippen molar-refractivity contribution in [2.75, 3.05) is 7.11 Å². The molecule has 0 bridgehead atoms. The predicted molar refractivity (Wildman–Crippen MR) is 133 cm³/mol. The molecule has 176 valence electrons. The van der Waals surface area contributed by atoms with Crippen molar-refractivity contribution in [1.82, 2.24) is 29.3 Å². The fourth-order valence-corrected chi connectivity index (χ4v) is 5.06. The van der Waals surface area contributed by atoms with Gasteiger partial charge in [-0.15, -0.1) is 5.10 Å². The SMILES string of the molecule is COc1nc(-c2nc3n(n2)CCC[C@@H]3c2ccc(C(C)(C)C)c(Cl)c2)ccc1-n1cnc(C)c1. The third kappa shape index (κ3) is 4.09. The molecule has 0 N–H and O–H groups in total. The molecule has 0 unspecified atom stereocenters. The summed E-state index contributed by atoms with van der Waals surface area (Å²) in [4.78, 5) is 13.9. The lowest BCUT2D eigenvalue weighted by Gasteiger charge is -2.25. The largest absolute Gasteiger partial charge is 0.479 e. The number of imidazole rings is 1. The van der Waals surface area contributed by atoms with E-state index in [1.165, 1.54) is 5.56 Å². The number of ether oxygens (including phenoxy) is 1. The lowest BCUT2D eigenvalue weighted by atomic mass is 9.84. The van der Waals surface area contributed by atoms with Gasteiger partial charge < -0.3 is 9.30 Å². The molecule has 0 fully saturated rings. The topological polar surface area (TPSA) is 70.7 Å². The third-order valence-electron chi connectivity index (χ3n) is 6.33. The first-order chi connectivity index (χ1) is 16.2. The second-order valence-corrected chi connectivity index (χ2v) is 10.3. The summed E-state index contributed by atoms with van der Waals surface area (Å²) in [6.45, 7) is 9.33. The molecular weight excluding hydrogens is 448 g/mol. The first kappa shape index (κ1) is 22.6. The molecule has 0 saturated carbocycles. The van der Waals surface area contributed by atoms with Crippen LogP contribution in [-0.2, 0) is 12.0 Å². The van der Waals surface area contributed by atoms with Gasteiger partial charge in [-0.3, -0.25) is 0 Å². The Morgan fingerprint density at radius 1 is 1.12 bits per heavy atom. The number of nitrogens with zero attached hydrogens (tertiary/aromatic N) is 6. The van der Waals surface area contributed by atoms with Crippen LogP contribution in [0.15, 0.2) is 42.9 Å². The molecule has 0 spiro atoms. The van der Waals surface area contributed by atoms with Gasteiger partial charge in [0.25, 0.3) is 0 Å². The molecular formula is C26H29ClN6O. The van der Waals surface area contributed by atoms with E-state index in [1.54, 1.807) is 13.4 Å². The number of pyridine rings is 1. The van der Waals surface area contributed by atoms with Crippen LogP contribution >= 0.6 is 11.6 Å². The maximum absolute atomic E-state index is 6.69. The number of rotatable bonds is 4. The van der Waals surface area contributed by atoms with Crippen LogP contribution in [0.2, 0.25) is 5.02 Å². The summed E-state index contributed by atoms with van der Waals surface area (Å²) in [6, 6.07) is 10.3. The van der Waals surface area contributed by atoms with Crippen LogP contribution < -0.4 is 4.74 Å². The summed E-state index contributed by atoms with van der Waals surface area (Å²) < 4.78 is 9.49. The highest BCUT2D eigenvalue weighted by molar-refractivity contribution is 6.31. The lowest BCUT2D eigenvalue weighted by molar-refractivity contribution is 0.396. The van der Waals surface area contributed by atoms with Gasteiger partial charge in [0.15, 0.2) is 5.82 Å². The average Bonchev–Trinajstić information content (AvgIpc) is 3.43. The summed E-state index contributed by atoms with van der Waals surface area (Å²) in [5, 5.41) is 5.60.